The summed E-state index contributed by atoms with van der Waals surface area (Å²) in [6, 6.07) is 9.51. The van der Waals surface area contributed by atoms with E-state index in [1.165, 1.54) is 11.1 Å². The minimum absolute atomic E-state index is 0.0559. The second-order valence-corrected chi connectivity index (χ2v) is 7.05. The molecule has 1 aromatic heterocycles. The molecular weight excluding hydrogens is 360 g/mol. The molecule has 2 amide bonds. The van der Waals surface area contributed by atoms with Gasteiger partial charge in [0, 0.05) is 32.7 Å². The van der Waals surface area contributed by atoms with Gasteiger partial charge >= 0.3 is 5.97 Å². The molecule has 1 fully saturated rings. The van der Waals surface area contributed by atoms with Gasteiger partial charge in [0.1, 0.15) is 0 Å². The monoisotopic (exact) mass is 384 g/mol. The van der Waals surface area contributed by atoms with Crippen LogP contribution in [0.15, 0.2) is 36.5 Å². The largest absolute Gasteiger partial charge is 0.481 e. The van der Waals surface area contributed by atoms with Gasteiger partial charge in [0.2, 0.25) is 5.91 Å². The lowest BCUT2D eigenvalue weighted by Gasteiger charge is -2.31. The first-order valence-electron chi connectivity index (χ1n) is 9.22. The van der Waals surface area contributed by atoms with Crippen LogP contribution in [-0.4, -0.2) is 69.2 Å². The van der Waals surface area contributed by atoms with Crippen LogP contribution >= 0.6 is 0 Å². The first-order chi connectivity index (χ1) is 13.4. The lowest BCUT2D eigenvalue weighted by Crippen LogP contribution is -2.45. The highest BCUT2D eigenvalue weighted by molar-refractivity contribution is 6.01. The summed E-state index contributed by atoms with van der Waals surface area (Å²) >= 11 is 0. The van der Waals surface area contributed by atoms with Crippen molar-refractivity contribution in [1.29, 1.82) is 0 Å². The number of nitrogens with zero attached hydrogens (tertiary/aromatic N) is 4. The molecule has 1 aliphatic heterocycles. The fraction of sp³-hybridized carbons (Fsp3) is 0.400. The lowest BCUT2D eigenvalue weighted by atomic mass is 9.97. The molecule has 0 aliphatic carbocycles. The molecule has 0 unspecified atom stereocenters. The number of aromatic nitrogens is 2. The Bertz CT molecular complexity index is 870. The van der Waals surface area contributed by atoms with Crippen molar-refractivity contribution in [2.45, 2.75) is 12.8 Å². The molecule has 148 valence electrons. The van der Waals surface area contributed by atoms with Crippen molar-refractivity contribution in [3.8, 4) is 11.3 Å². The van der Waals surface area contributed by atoms with E-state index >= 15 is 0 Å². The summed E-state index contributed by atoms with van der Waals surface area (Å²) in [5.74, 6) is -1.66. The zero-order chi connectivity index (χ0) is 20.3. The highest BCUT2D eigenvalue weighted by Crippen LogP contribution is 2.24. The molecule has 1 aromatic carbocycles. The Morgan fingerprint density at radius 2 is 1.82 bits per heavy atom. The highest BCUT2D eigenvalue weighted by Gasteiger charge is 2.29. The molecule has 0 atom stereocenters. The number of hydrogen-bond acceptors (Lipinski definition) is 4. The number of likely N-dealkylation sites (tertiary alicyclic amines) is 1. The SMILES string of the molecule is CN(CC(=O)N1CCC(C(=O)O)CC1)C(=O)c1cnn(C)c1-c1ccccc1. The smallest absolute Gasteiger partial charge is 0.306 e. The van der Waals surface area contributed by atoms with E-state index < -0.39 is 11.9 Å². The van der Waals surface area contributed by atoms with Crippen molar-refractivity contribution < 1.29 is 19.5 Å². The topological polar surface area (TPSA) is 95.7 Å². The zero-order valence-electron chi connectivity index (χ0n) is 16.0. The number of piperidine rings is 1. The number of aryl methyl sites for hydroxylation is 1. The summed E-state index contributed by atoms with van der Waals surface area (Å²) in [6.07, 6.45) is 2.41. The lowest BCUT2D eigenvalue weighted by molar-refractivity contribution is -0.145. The van der Waals surface area contributed by atoms with Gasteiger partial charge in [0.15, 0.2) is 0 Å². The summed E-state index contributed by atoms with van der Waals surface area (Å²) < 4.78 is 1.65. The Morgan fingerprint density at radius 1 is 1.18 bits per heavy atom. The molecule has 0 spiro atoms. The van der Waals surface area contributed by atoms with Crippen LogP contribution in [0.4, 0.5) is 0 Å². The van der Waals surface area contributed by atoms with Gasteiger partial charge in [-0.1, -0.05) is 30.3 Å². The normalized spacial score (nSPS) is 14.7. The van der Waals surface area contributed by atoms with Crippen LogP contribution in [0.1, 0.15) is 23.2 Å². The number of amides is 2. The zero-order valence-corrected chi connectivity index (χ0v) is 16.0. The van der Waals surface area contributed by atoms with Crippen LogP contribution < -0.4 is 0 Å². The van der Waals surface area contributed by atoms with Crippen LogP contribution in [-0.2, 0) is 16.6 Å². The van der Waals surface area contributed by atoms with E-state index in [9.17, 15) is 14.4 Å². The molecule has 1 aliphatic rings. The predicted molar refractivity (Wildman–Crippen MR) is 103 cm³/mol. The Kier molecular flexibility index (Phi) is 5.77. The van der Waals surface area contributed by atoms with Gasteiger partial charge in [-0.2, -0.15) is 5.10 Å². The summed E-state index contributed by atoms with van der Waals surface area (Å²) in [5.41, 5.74) is 2.02. The van der Waals surface area contributed by atoms with E-state index in [-0.39, 0.29) is 18.4 Å². The highest BCUT2D eigenvalue weighted by atomic mass is 16.4. The average Bonchev–Trinajstić information content (AvgIpc) is 3.09. The van der Waals surface area contributed by atoms with Crippen molar-refractivity contribution in [3.05, 3.63) is 42.1 Å². The van der Waals surface area contributed by atoms with Crippen LogP contribution in [0.3, 0.4) is 0 Å². The number of likely N-dealkylation sites (N-methyl/N-ethyl adjacent to an activating group) is 1. The third-order valence-corrected chi connectivity index (χ3v) is 5.13. The number of carboxylic acids is 1. The first-order valence-corrected chi connectivity index (χ1v) is 9.22. The first kappa shape index (κ1) is 19.6. The van der Waals surface area contributed by atoms with Gasteiger partial charge in [-0.15, -0.1) is 0 Å². The second kappa shape index (κ2) is 8.24. The minimum Gasteiger partial charge on any atom is -0.481 e. The standard InChI is InChI=1S/C20H24N4O4/c1-22(13-17(25)24-10-8-15(9-11-24)20(27)28)19(26)16-12-21-23(2)18(16)14-6-4-3-5-7-14/h3-7,12,15H,8-11,13H2,1-2H3,(H,27,28). The van der Waals surface area contributed by atoms with E-state index in [0.29, 0.717) is 37.2 Å². The summed E-state index contributed by atoms with van der Waals surface area (Å²) in [6.45, 7) is 0.750. The van der Waals surface area contributed by atoms with Crippen LogP contribution in [0.5, 0.6) is 0 Å². The molecule has 8 nitrogen and oxygen atoms in total. The molecule has 1 N–H and O–H groups in total. The van der Waals surface area contributed by atoms with E-state index in [1.54, 1.807) is 23.7 Å². The van der Waals surface area contributed by atoms with Gasteiger partial charge in [0.05, 0.1) is 29.9 Å². The molecule has 28 heavy (non-hydrogen) atoms. The second-order valence-electron chi connectivity index (χ2n) is 7.05. The Balaban J connectivity index is 1.67. The van der Waals surface area contributed by atoms with Crippen molar-refractivity contribution in [2.24, 2.45) is 13.0 Å². The molecule has 2 heterocycles. The van der Waals surface area contributed by atoms with Gasteiger partial charge in [-0.3, -0.25) is 19.1 Å². The average molecular weight is 384 g/mol. The van der Waals surface area contributed by atoms with E-state index in [4.69, 9.17) is 5.11 Å². The summed E-state index contributed by atoms with van der Waals surface area (Å²) in [4.78, 5) is 39.5. The van der Waals surface area contributed by atoms with Crippen LogP contribution in [0.2, 0.25) is 0 Å². The van der Waals surface area contributed by atoms with Crippen molar-refractivity contribution >= 4 is 17.8 Å². The number of carbonyl (C=O) groups is 3. The van der Waals surface area contributed by atoms with Gasteiger partial charge in [-0.25, -0.2) is 0 Å². The number of carbonyl (C=O) groups excluding carboxylic acids is 2. The Hall–Kier alpha value is -3.16. The maximum Gasteiger partial charge on any atom is 0.306 e. The third kappa shape index (κ3) is 4.05. The Morgan fingerprint density at radius 3 is 2.43 bits per heavy atom. The molecule has 0 saturated carbocycles. The fourth-order valence-corrected chi connectivity index (χ4v) is 3.49. The minimum atomic E-state index is -0.815. The maximum atomic E-state index is 12.9. The molecule has 0 radical (unpaired) electrons. The molecule has 1 saturated heterocycles. The summed E-state index contributed by atoms with van der Waals surface area (Å²) in [7, 11) is 3.36. The number of carboxylic acid groups (broad SMARTS) is 1. The molecule has 8 heteroatoms. The molecule has 3 rings (SSSR count). The quantitative estimate of drug-likeness (QED) is 0.842. The molecule has 2 aromatic rings. The number of benzene rings is 1. The molecular formula is C20H24N4O4. The van der Waals surface area contributed by atoms with Crippen LogP contribution in [0, 0.1) is 5.92 Å². The number of aliphatic carboxylic acids is 1. The van der Waals surface area contributed by atoms with E-state index in [0.717, 1.165) is 5.56 Å². The third-order valence-electron chi connectivity index (χ3n) is 5.13. The predicted octanol–water partition coefficient (Wildman–Crippen LogP) is 1.48. The van der Waals surface area contributed by atoms with Crippen molar-refractivity contribution in [2.75, 3.05) is 26.7 Å². The van der Waals surface area contributed by atoms with Gasteiger partial charge < -0.3 is 14.9 Å². The van der Waals surface area contributed by atoms with Gasteiger partial charge in [-0.05, 0) is 12.8 Å². The van der Waals surface area contributed by atoms with Crippen molar-refractivity contribution in [1.82, 2.24) is 19.6 Å². The van der Waals surface area contributed by atoms with Crippen LogP contribution in [0.25, 0.3) is 11.3 Å². The maximum absolute atomic E-state index is 12.9. The number of rotatable bonds is 5. The van der Waals surface area contributed by atoms with E-state index in [1.807, 2.05) is 30.3 Å². The summed E-state index contributed by atoms with van der Waals surface area (Å²) in [5, 5.41) is 13.3. The van der Waals surface area contributed by atoms with Gasteiger partial charge in [0.25, 0.3) is 5.91 Å². The molecule has 0 bridgehead atoms. The fourth-order valence-electron chi connectivity index (χ4n) is 3.49. The van der Waals surface area contributed by atoms with Crippen molar-refractivity contribution in [3.63, 3.8) is 0 Å². The van der Waals surface area contributed by atoms with E-state index in [2.05, 4.69) is 5.10 Å². The Labute approximate surface area is 163 Å². The number of hydrogen-bond donors (Lipinski definition) is 1.